The summed E-state index contributed by atoms with van der Waals surface area (Å²) >= 11 is 1.11. The SMILES string of the molecule is CCCCCCCCCCCCCCCCCC(=O)OCC(COP(=O)(O)OCCNC(=O)CC(C)(C)OCCC(C)(C)NC(=O)CCN1C(=O)CC(SCC=O)C1=O)OC(=O)CCCCCCCCCCCCCCCCC. The average molecular weight is 1160 g/mol. The van der Waals surface area contributed by atoms with E-state index in [1.165, 1.54) is 141 Å². The summed E-state index contributed by atoms with van der Waals surface area (Å²) in [5, 5.41) is 4.93. The van der Waals surface area contributed by atoms with Crippen LogP contribution in [0, 0.1) is 0 Å². The maximum absolute atomic E-state index is 12.9. The number of hydrogen-bond acceptors (Lipinski definition) is 14. The number of hydrogen-bond donors (Lipinski definition) is 3. The lowest BCUT2D eigenvalue weighted by atomic mass is 10.00. The molecule has 0 spiro atoms. The predicted octanol–water partition coefficient (Wildman–Crippen LogP) is 13.1. The molecule has 1 saturated heterocycles. The molecule has 0 radical (unpaired) electrons. The van der Waals surface area contributed by atoms with Crippen LogP contribution < -0.4 is 10.6 Å². The predicted molar refractivity (Wildman–Crippen MR) is 314 cm³/mol. The Morgan fingerprint density at radius 3 is 1.61 bits per heavy atom. The second kappa shape index (κ2) is 46.6. The van der Waals surface area contributed by atoms with Crippen LogP contribution in [-0.4, -0.2) is 119 Å². The van der Waals surface area contributed by atoms with Crippen LogP contribution in [0.1, 0.15) is 273 Å². The molecular weight excluding hydrogens is 1050 g/mol. The van der Waals surface area contributed by atoms with E-state index >= 15 is 0 Å². The van der Waals surface area contributed by atoms with Gasteiger partial charge in [0.1, 0.15) is 12.9 Å². The summed E-state index contributed by atoms with van der Waals surface area (Å²) in [5.74, 6) is -2.35. The van der Waals surface area contributed by atoms with Crippen LogP contribution in [0.15, 0.2) is 0 Å². The number of amides is 4. The van der Waals surface area contributed by atoms with Crippen molar-refractivity contribution >= 4 is 61.4 Å². The van der Waals surface area contributed by atoms with Crippen LogP contribution in [-0.2, 0) is 61.4 Å². The topological polar surface area (TPSA) is 230 Å². The number of carbonyl (C=O) groups is 7. The molecule has 3 N–H and O–H groups in total. The zero-order valence-corrected chi connectivity index (χ0v) is 51.9. The lowest BCUT2D eigenvalue weighted by molar-refractivity contribution is -0.161. The van der Waals surface area contributed by atoms with Gasteiger partial charge in [0.15, 0.2) is 6.10 Å². The number of likely N-dealkylation sites (tertiary alicyclic amines) is 1. The molecule has 3 atom stereocenters. The molecule has 1 fully saturated rings. The van der Waals surface area contributed by atoms with Crippen molar-refractivity contribution in [2.45, 2.75) is 295 Å². The van der Waals surface area contributed by atoms with Crippen LogP contribution in [0.25, 0.3) is 0 Å². The van der Waals surface area contributed by atoms with Crippen molar-refractivity contribution in [2.75, 3.05) is 45.3 Å². The number of rotatable bonds is 55. The van der Waals surface area contributed by atoms with Crippen LogP contribution >= 0.6 is 19.6 Å². The molecule has 0 aliphatic carbocycles. The van der Waals surface area contributed by atoms with Crippen molar-refractivity contribution in [3.63, 3.8) is 0 Å². The molecule has 0 bridgehead atoms. The third-order valence-corrected chi connectivity index (χ3v) is 16.3. The van der Waals surface area contributed by atoms with Gasteiger partial charge in [0.2, 0.25) is 23.6 Å². The molecule has 0 aromatic rings. The smallest absolute Gasteiger partial charge is 0.462 e. The summed E-state index contributed by atoms with van der Waals surface area (Å²) in [6.07, 6.45) is 36.4. The summed E-state index contributed by atoms with van der Waals surface area (Å²) in [7, 11) is -4.68. The fourth-order valence-electron chi connectivity index (χ4n) is 9.44. The van der Waals surface area contributed by atoms with Gasteiger partial charge in [0.25, 0.3) is 0 Å². The van der Waals surface area contributed by atoms with Gasteiger partial charge in [-0.05, 0) is 47.0 Å². The molecule has 4 amide bonds. The molecule has 3 unspecified atom stereocenters. The van der Waals surface area contributed by atoms with Crippen molar-refractivity contribution in [3.8, 4) is 0 Å². The number of ether oxygens (including phenoxy) is 3. The monoisotopic (exact) mass is 1160 g/mol. The minimum Gasteiger partial charge on any atom is -0.462 e. The normalized spacial score (nSPS) is 15.0. The molecule has 460 valence electrons. The number of aldehydes is 1. The van der Waals surface area contributed by atoms with E-state index in [0.29, 0.717) is 25.5 Å². The highest BCUT2D eigenvalue weighted by Crippen LogP contribution is 2.43. The van der Waals surface area contributed by atoms with Gasteiger partial charge < -0.3 is 34.5 Å². The fourth-order valence-corrected chi connectivity index (χ4v) is 11.0. The van der Waals surface area contributed by atoms with Gasteiger partial charge in [-0.15, -0.1) is 11.8 Å². The number of esters is 2. The average Bonchev–Trinajstić information content (AvgIpc) is 3.68. The van der Waals surface area contributed by atoms with Crippen molar-refractivity contribution < 1.29 is 66.3 Å². The summed E-state index contributed by atoms with van der Waals surface area (Å²) in [4.78, 5) is 98.4. The first-order valence-electron chi connectivity index (χ1n) is 30.9. The minimum absolute atomic E-state index is 0.00585. The van der Waals surface area contributed by atoms with Crippen LogP contribution in [0.3, 0.4) is 0 Å². The summed E-state index contributed by atoms with van der Waals surface area (Å²) in [5.41, 5.74) is -1.62. The standard InChI is InChI=1S/C60H110N3O14PS/c1-7-9-11-13-15-17-19-21-23-25-27-29-31-33-35-37-56(68)73-49-51(77-57(69)38-36-34-32-30-28-26-24-22-20-18-16-14-12-10-8-2)50-76-78(71,72)75-45-41-61-54(66)48-60(5,6)74-44-40-59(3,4)62-53(65)39-42-63-55(67)47-52(58(63)70)79-46-43-64/h43,51-52H,7-42,44-50H2,1-6H3,(H,61,66)(H,62,65)(H,71,72). The number of phosphoric acid groups is 1. The van der Waals surface area contributed by atoms with Crippen LogP contribution in [0.2, 0.25) is 0 Å². The first-order valence-corrected chi connectivity index (χ1v) is 33.5. The highest BCUT2D eigenvalue weighted by atomic mass is 32.2. The fraction of sp³-hybridized carbons (Fsp3) is 0.883. The number of carbonyl (C=O) groups excluding carboxylic acids is 7. The van der Waals surface area contributed by atoms with E-state index in [0.717, 1.165) is 55.2 Å². The summed E-state index contributed by atoms with van der Waals surface area (Å²) in [6, 6.07) is 0. The Labute approximate surface area is 481 Å². The molecule has 1 heterocycles. The molecule has 17 nitrogen and oxygen atoms in total. The van der Waals surface area contributed by atoms with E-state index < -0.39 is 60.7 Å². The Hall–Kier alpha value is -2.89. The Balaban J connectivity index is 2.49. The number of imide groups is 1. The third-order valence-electron chi connectivity index (χ3n) is 14.2. The van der Waals surface area contributed by atoms with Gasteiger partial charge >= 0.3 is 19.8 Å². The van der Waals surface area contributed by atoms with E-state index in [-0.39, 0.29) is 82.6 Å². The van der Waals surface area contributed by atoms with Crippen molar-refractivity contribution in [1.29, 1.82) is 0 Å². The lowest BCUT2D eigenvalue weighted by Gasteiger charge is -2.30. The lowest BCUT2D eigenvalue weighted by Crippen LogP contribution is -2.46. The summed E-state index contributed by atoms with van der Waals surface area (Å²) < 4.78 is 40.3. The van der Waals surface area contributed by atoms with Crippen molar-refractivity contribution in [2.24, 2.45) is 0 Å². The first kappa shape index (κ1) is 74.1. The van der Waals surface area contributed by atoms with Gasteiger partial charge in [-0.2, -0.15) is 0 Å². The zero-order valence-electron chi connectivity index (χ0n) is 50.2. The maximum atomic E-state index is 12.9. The van der Waals surface area contributed by atoms with Crippen LogP contribution in [0.4, 0.5) is 0 Å². The Kier molecular flexibility index (Phi) is 43.7. The number of nitrogens with one attached hydrogen (secondary N) is 2. The third kappa shape index (κ3) is 42.6. The molecule has 1 aliphatic heterocycles. The van der Waals surface area contributed by atoms with E-state index in [1.807, 2.05) is 13.8 Å². The van der Waals surface area contributed by atoms with Gasteiger partial charge in [-0.3, -0.25) is 42.7 Å². The highest BCUT2D eigenvalue weighted by Gasteiger charge is 2.39. The number of thioether (sulfide) groups is 1. The van der Waals surface area contributed by atoms with Gasteiger partial charge in [0.05, 0.1) is 30.5 Å². The van der Waals surface area contributed by atoms with E-state index in [1.54, 1.807) is 13.8 Å². The maximum Gasteiger partial charge on any atom is 0.472 e. The quantitative estimate of drug-likeness (QED) is 0.0169. The Morgan fingerprint density at radius 2 is 1.13 bits per heavy atom. The molecule has 0 aromatic carbocycles. The van der Waals surface area contributed by atoms with Gasteiger partial charge in [-0.1, -0.05) is 194 Å². The number of unbranched alkanes of at least 4 members (excludes halogenated alkanes) is 28. The largest absolute Gasteiger partial charge is 0.472 e. The summed E-state index contributed by atoms with van der Waals surface area (Å²) in [6.45, 7) is 10.3. The van der Waals surface area contributed by atoms with Crippen LogP contribution in [0.5, 0.6) is 0 Å². The van der Waals surface area contributed by atoms with E-state index in [4.69, 9.17) is 23.3 Å². The first-order chi connectivity index (χ1) is 37.8. The van der Waals surface area contributed by atoms with E-state index in [2.05, 4.69) is 24.5 Å². The van der Waals surface area contributed by atoms with Gasteiger partial charge in [0, 0.05) is 56.7 Å². The second-order valence-corrected chi connectivity index (χ2v) is 25.6. The van der Waals surface area contributed by atoms with Crippen molar-refractivity contribution in [3.05, 3.63) is 0 Å². The molecule has 19 heteroatoms. The molecule has 0 aromatic heterocycles. The van der Waals surface area contributed by atoms with Gasteiger partial charge in [-0.25, -0.2) is 4.57 Å². The molecule has 1 rings (SSSR count). The molecule has 79 heavy (non-hydrogen) atoms. The molecular formula is C60H110N3O14PS. The van der Waals surface area contributed by atoms with E-state index in [9.17, 15) is 43.0 Å². The number of phosphoric ester groups is 1. The zero-order chi connectivity index (χ0) is 58.5. The molecule has 1 aliphatic rings. The second-order valence-electron chi connectivity index (χ2n) is 22.9. The number of nitrogens with zero attached hydrogens (tertiary/aromatic N) is 1. The highest BCUT2D eigenvalue weighted by molar-refractivity contribution is 8.01. The Morgan fingerprint density at radius 1 is 0.658 bits per heavy atom. The Bertz CT molecular complexity index is 1720. The minimum atomic E-state index is -4.68. The van der Waals surface area contributed by atoms with Crippen molar-refractivity contribution in [1.82, 2.24) is 15.5 Å². The molecule has 0 saturated carbocycles.